The molecule has 0 aromatic rings. The van der Waals surface area contributed by atoms with Crippen LogP contribution in [0.15, 0.2) is 24.3 Å². The van der Waals surface area contributed by atoms with Gasteiger partial charge in [0.2, 0.25) is 0 Å². The van der Waals surface area contributed by atoms with E-state index in [2.05, 4.69) is 30.7 Å². The van der Waals surface area contributed by atoms with Crippen LogP contribution in [0.4, 0.5) is 0 Å². The summed E-state index contributed by atoms with van der Waals surface area (Å²) in [6.07, 6.45) is 14.5. The first-order valence-electron chi connectivity index (χ1n) is 3.13. The summed E-state index contributed by atoms with van der Waals surface area (Å²) >= 11 is 0. The van der Waals surface area contributed by atoms with E-state index in [0.29, 0.717) is 0 Å². The second-order valence-corrected chi connectivity index (χ2v) is 1.95. The van der Waals surface area contributed by atoms with Gasteiger partial charge in [-0.25, -0.2) is 18.6 Å². The molecule has 1 aliphatic carbocycles. The van der Waals surface area contributed by atoms with E-state index in [1.165, 1.54) is 12.8 Å². The summed E-state index contributed by atoms with van der Waals surface area (Å²) in [4.78, 5) is 0. The van der Waals surface area contributed by atoms with E-state index < -0.39 is 0 Å². The molecule has 0 spiro atoms. The predicted molar refractivity (Wildman–Crippen MR) is 36.4 cm³/mol. The molecule has 1 rings (SSSR count). The molecule has 1 heteroatoms. The summed E-state index contributed by atoms with van der Waals surface area (Å²) in [6, 6.07) is 0. The summed E-state index contributed by atoms with van der Waals surface area (Å²) in [7, 11) is 0. The third-order valence-corrected chi connectivity index (χ3v) is 1.21. The maximum absolute atomic E-state index is 2.24. The second-order valence-electron chi connectivity index (χ2n) is 1.95. The molecule has 9 heavy (non-hydrogen) atoms. The van der Waals surface area contributed by atoms with Gasteiger partial charge in [-0.3, -0.25) is 0 Å². The Labute approximate surface area is 69.2 Å². The topological polar surface area (TPSA) is 0 Å². The van der Waals surface area contributed by atoms with E-state index in [1.54, 1.807) is 0 Å². The van der Waals surface area contributed by atoms with Crippen molar-refractivity contribution in [2.75, 3.05) is 0 Å². The smallest absolute Gasteiger partial charge is 0.232 e. The van der Waals surface area contributed by atoms with Crippen molar-refractivity contribution in [2.45, 2.75) is 19.3 Å². The Morgan fingerprint density at radius 2 is 1.78 bits per heavy atom. The van der Waals surface area contributed by atoms with Crippen molar-refractivity contribution in [1.82, 2.24) is 0 Å². The summed E-state index contributed by atoms with van der Waals surface area (Å²) in [5.41, 5.74) is 0. The molecule has 0 bridgehead atoms. The molecule has 0 aromatic heterocycles. The Hall–Kier alpha value is -0.0526. The van der Waals surface area contributed by atoms with Crippen LogP contribution in [0.2, 0.25) is 0 Å². The Bertz CT molecular complexity index is 77.1. The fourth-order valence-electron chi connectivity index (χ4n) is 0.756. The zero-order chi connectivity index (χ0) is 5.66. The Kier molecular flexibility index (Phi) is 6.04. The Morgan fingerprint density at radius 1 is 1.00 bits per heavy atom. The van der Waals surface area contributed by atoms with Gasteiger partial charge in [0.25, 0.3) is 0 Å². The van der Waals surface area contributed by atoms with Gasteiger partial charge in [-0.05, 0) is 6.42 Å². The molecule has 0 amide bonds. The summed E-state index contributed by atoms with van der Waals surface area (Å²) in [5, 5.41) is 0. The van der Waals surface area contributed by atoms with E-state index in [1.807, 2.05) is 0 Å². The standard InChI is InChI=1S/C8H11.Li/c1-2-4-6-8-7-5-3-1;/h1-3,6,8H,4-5,7H2;/q-1;+1/b3-1-,8-6-;. The molecular formula is C8H11Li. The van der Waals surface area contributed by atoms with E-state index in [-0.39, 0.29) is 18.9 Å². The molecule has 0 unspecified atom stereocenters. The molecule has 0 radical (unpaired) electrons. The van der Waals surface area contributed by atoms with Gasteiger partial charge in [-0.15, -0.1) is 6.08 Å². The molecule has 0 atom stereocenters. The number of hydrogen-bond donors (Lipinski definition) is 0. The first-order chi connectivity index (χ1) is 4.00. The number of allylic oxidation sites excluding steroid dienone is 4. The molecule has 0 nitrogen and oxygen atoms in total. The fourth-order valence-corrected chi connectivity index (χ4v) is 0.756. The molecule has 1 aliphatic rings. The van der Waals surface area contributed by atoms with Gasteiger partial charge in [-0.1, -0.05) is 18.9 Å². The molecule has 0 saturated heterocycles. The van der Waals surface area contributed by atoms with Crippen molar-refractivity contribution in [2.24, 2.45) is 0 Å². The van der Waals surface area contributed by atoms with Gasteiger partial charge in [-0.2, -0.15) is 0 Å². The fraction of sp³-hybridized carbons (Fsp3) is 0.375. The third kappa shape index (κ3) is 4.45. The third-order valence-electron chi connectivity index (χ3n) is 1.21. The Morgan fingerprint density at radius 3 is 2.67 bits per heavy atom. The largest absolute Gasteiger partial charge is 1.00 e. The van der Waals surface area contributed by atoms with E-state index in [9.17, 15) is 0 Å². The van der Waals surface area contributed by atoms with Crippen LogP contribution in [0.1, 0.15) is 19.3 Å². The molecule has 0 aliphatic heterocycles. The van der Waals surface area contributed by atoms with Crippen molar-refractivity contribution in [3.63, 3.8) is 0 Å². The average molecular weight is 114 g/mol. The summed E-state index contributed by atoms with van der Waals surface area (Å²) in [5.74, 6) is 0. The number of hydrogen-bond acceptors (Lipinski definition) is 0. The molecule has 0 saturated carbocycles. The van der Waals surface area contributed by atoms with Crippen LogP contribution >= 0.6 is 0 Å². The Balaban J connectivity index is 0.000000640. The summed E-state index contributed by atoms with van der Waals surface area (Å²) in [6.45, 7) is 0. The first kappa shape index (κ1) is 8.95. The minimum atomic E-state index is 0. The van der Waals surface area contributed by atoms with Crippen LogP contribution in [0, 0.1) is 6.42 Å². The van der Waals surface area contributed by atoms with Gasteiger partial charge in [0.15, 0.2) is 0 Å². The van der Waals surface area contributed by atoms with Gasteiger partial charge in [0, 0.05) is 0 Å². The van der Waals surface area contributed by atoms with Crippen molar-refractivity contribution < 1.29 is 18.9 Å². The van der Waals surface area contributed by atoms with Gasteiger partial charge in [0.1, 0.15) is 0 Å². The average Bonchev–Trinajstić information content (AvgIpc) is 1.62. The number of rotatable bonds is 0. The van der Waals surface area contributed by atoms with Gasteiger partial charge in [0.05, 0.1) is 0 Å². The molecular weight excluding hydrogens is 103 g/mol. The molecule has 0 fully saturated rings. The molecule has 0 aromatic carbocycles. The van der Waals surface area contributed by atoms with Crippen LogP contribution in [0.25, 0.3) is 0 Å². The van der Waals surface area contributed by atoms with Crippen LogP contribution in [-0.4, -0.2) is 0 Å². The van der Waals surface area contributed by atoms with E-state index >= 15 is 0 Å². The molecule has 0 N–H and O–H groups in total. The SMILES string of the molecule is C1=C\CC/C=C\C[CH-]/1.[Li+]. The first-order valence-corrected chi connectivity index (χ1v) is 3.13. The van der Waals surface area contributed by atoms with Crippen molar-refractivity contribution >= 4 is 0 Å². The zero-order valence-electron chi connectivity index (χ0n) is 6.01. The van der Waals surface area contributed by atoms with Crippen LogP contribution in [0.3, 0.4) is 0 Å². The quantitative estimate of drug-likeness (QED) is 0.226. The maximum Gasteiger partial charge on any atom is 1.00 e. The second kappa shape index (κ2) is 6.07. The molecule has 0 heterocycles. The summed E-state index contributed by atoms with van der Waals surface area (Å²) < 4.78 is 0. The maximum atomic E-state index is 2.24. The minimum Gasteiger partial charge on any atom is -0.232 e. The van der Waals surface area contributed by atoms with Crippen molar-refractivity contribution in [3.05, 3.63) is 30.7 Å². The van der Waals surface area contributed by atoms with Crippen molar-refractivity contribution in [1.29, 1.82) is 0 Å². The van der Waals surface area contributed by atoms with E-state index in [4.69, 9.17) is 0 Å². The van der Waals surface area contributed by atoms with Crippen LogP contribution in [0.5, 0.6) is 0 Å². The van der Waals surface area contributed by atoms with E-state index in [0.717, 1.165) is 6.42 Å². The predicted octanol–water partition coefficient (Wildman–Crippen LogP) is -0.509. The zero-order valence-corrected chi connectivity index (χ0v) is 6.01. The van der Waals surface area contributed by atoms with Gasteiger partial charge < -0.3 is 0 Å². The monoisotopic (exact) mass is 114 g/mol. The molecule has 44 valence electrons. The van der Waals surface area contributed by atoms with Crippen LogP contribution < -0.4 is 18.9 Å². The minimum absolute atomic E-state index is 0. The van der Waals surface area contributed by atoms with Crippen molar-refractivity contribution in [3.8, 4) is 0 Å². The normalized spacial score (nSPS) is 24.0. The van der Waals surface area contributed by atoms with Gasteiger partial charge >= 0.3 is 18.9 Å². The van der Waals surface area contributed by atoms with Crippen LogP contribution in [-0.2, 0) is 0 Å².